The number of carbonyl (C=O) groups is 3. The Morgan fingerprint density at radius 1 is 0.700 bits per heavy atom. The van der Waals surface area contributed by atoms with Gasteiger partial charge in [0.25, 0.3) is 17.9 Å². The van der Waals surface area contributed by atoms with E-state index in [1.807, 2.05) is 0 Å². The molecule has 30 heavy (non-hydrogen) atoms. The molecule has 1 aromatic rings. The maximum Gasteiger partial charge on any atom is 0.705 e. The van der Waals surface area contributed by atoms with Gasteiger partial charge in [-0.05, 0) is 5.92 Å². The lowest BCUT2D eigenvalue weighted by Crippen LogP contribution is -2.51. The van der Waals surface area contributed by atoms with E-state index in [1.54, 1.807) is 0 Å². The topological polar surface area (TPSA) is 78.9 Å². The summed E-state index contributed by atoms with van der Waals surface area (Å²) in [6, 6.07) is -0.783. The highest BCUT2D eigenvalue weighted by Crippen LogP contribution is 2.35. The van der Waals surface area contributed by atoms with Crippen molar-refractivity contribution in [2.24, 2.45) is 0 Å². The first-order valence-corrected chi connectivity index (χ1v) is 11.0. The van der Waals surface area contributed by atoms with Crippen molar-refractivity contribution in [3.63, 3.8) is 0 Å². The summed E-state index contributed by atoms with van der Waals surface area (Å²) in [5, 5.41) is 0. The van der Waals surface area contributed by atoms with E-state index in [1.165, 1.54) is 20.8 Å². The Balaban J connectivity index is 3.52. The van der Waals surface area contributed by atoms with Gasteiger partial charge in [-0.15, -0.1) is 0 Å². The average molecular weight is 456 g/mol. The van der Waals surface area contributed by atoms with Crippen molar-refractivity contribution in [2.45, 2.75) is 58.9 Å². The lowest BCUT2D eigenvalue weighted by molar-refractivity contribution is -0.150. The smallest absolute Gasteiger partial charge is 0.455 e. The van der Waals surface area contributed by atoms with E-state index in [4.69, 9.17) is 13.3 Å². The van der Waals surface area contributed by atoms with Crippen molar-refractivity contribution >= 4 is 26.7 Å². The van der Waals surface area contributed by atoms with Crippen molar-refractivity contribution in [3.05, 3.63) is 34.6 Å². The van der Waals surface area contributed by atoms with Gasteiger partial charge in [0.2, 0.25) is 5.82 Å². The molecule has 0 saturated carbocycles. The van der Waals surface area contributed by atoms with Crippen LogP contribution in [0.5, 0.6) is 0 Å². The molecule has 0 N–H and O–H groups in total. The Kier molecular flexibility index (Phi) is 8.94. The fraction of sp³-hybridized carbons (Fsp3) is 0.500. The molecular weight excluding hydrogens is 435 g/mol. The molecule has 6 nitrogen and oxygen atoms in total. The van der Waals surface area contributed by atoms with E-state index in [9.17, 15) is 36.3 Å². The minimum Gasteiger partial charge on any atom is -0.455 e. The van der Waals surface area contributed by atoms with Crippen LogP contribution in [-0.4, -0.2) is 26.7 Å². The maximum atomic E-state index is 14.2. The van der Waals surface area contributed by atoms with E-state index >= 15 is 0 Å². The highest BCUT2D eigenvalue weighted by atomic mass is 28.4. The molecule has 0 aromatic heterocycles. The van der Waals surface area contributed by atoms with Crippen molar-refractivity contribution in [1.29, 1.82) is 0 Å². The Labute approximate surface area is 170 Å². The molecule has 0 saturated heterocycles. The van der Waals surface area contributed by atoms with Crippen LogP contribution in [0.15, 0.2) is 0 Å². The van der Waals surface area contributed by atoms with Crippen molar-refractivity contribution in [2.75, 3.05) is 0 Å². The molecule has 0 bridgehead atoms. The van der Waals surface area contributed by atoms with Crippen LogP contribution in [0.3, 0.4) is 0 Å². The number of hydrogen-bond acceptors (Lipinski definition) is 6. The highest BCUT2D eigenvalue weighted by molar-refractivity contribution is 6.65. The third-order valence-corrected chi connectivity index (χ3v) is 6.70. The molecule has 0 aliphatic rings. The summed E-state index contributed by atoms with van der Waals surface area (Å²) >= 11 is 0. The maximum absolute atomic E-state index is 14.2. The molecule has 0 aliphatic carbocycles. The van der Waals surface area contributed by atoms with Gasteiger partial charge in [-0.1, -0.05) is 27.7 Å². The van der Waals surface area contributed by atoms with Gasteiger partial charge in [0.05, 0.1) is 6.04 Å². The quantitative estimate of drug-likeness (QED) is 0.239. The van der Waals surface area contributed by atoms with Gasteiger partial charge in [-0.3, -0.25) is 14.4 Å². The van der Waals surface area contributed by atoms with Crippen molar-refractivity contribution < 1.29 is 49.6 Å². The molecule has 1 rings (SSSR count). The van der Waals surface area contributed by atoms with Crippen LogP contribution in [0.2, 0.25) is 6.04 Å². The van der Waals surface area contributed by atoms with Gasteiger partial charge >= 0.3 is 8.80 Å². The Morgan fingerprint density at radius 3 is 1.30 bits per heavy atom. The number of benzene rings is 1. The van der Waals surface area contributed by atoms with Crippen LogP contribution in [0, 0.1) is 29.1 Å². The van der Waals surface area contributed by atoms with Crippen LogP contribution in [-0.2, 0) is 27.7 Å². The molecule has 12 heteroatoms. The largest absolute Gasteiger partial charge is 0.705 e. The number of rotatable bonds is 9. The van der Waals surface area contributed by atoms with Crippen LogP contribution in [0.1, 0.15) is 58.4 Å². The minimum absolute atomic E-state index is 0.223. The fourth-order valence-corrected chi connectivity index (χ4v) is 5.26. The molecule has 0 fully saturated rings. The average Bonchev–Trinajstić information content (AvgIpc) is 2.70. The Bertz CT molecular complexity index is 757. The summed E-state index contributed by atoms with van der Waals surface area (Å²) in [5.74, 6) is -15.2. The monoisotopic (exact) mass is 456 g/mol. The molecule has 1 unspecified atom stereocenters. The van der Waals surface area contributed by atoms with Gasteiger partial charge in [-0.2, -0.15) is 0 Å². The molecule has 0 spiro atoms. The Morgan fingerprint density at radius 2 is 1.00 bits per heavy atom. The lowest BCUT2D eigenvalue weighted by Gasteiger charge is -2.29. The summed E-state index contributed by atoms with van der Waals surface area (Å²) in [4.78, 5) is 35.7. The molecule has 1 atom stereocenters. The second kappa shape index (κ2) is 10.5. The molecule has 168 valence electrons. The SMILES string of the molecule is CCC(=O)O[Si](CC(C)c1c(F)c(F)c(F)c(F)c1F)(OC(=O)CC)OC(=O)CC. The van der Waals surface area contributed by atoms with Crippen LogP contribution >= 0.6 is 0 Å². The van der Waals surface area contributed by atoms with E-state index < -0.39 is 73.3 Å². The number of carbonyl (C=O) groups excluding carboxylic acids is 3. The van der Waals surface area contributed by atoms with Gasteiger partial charge < -0.3 is 13.3 Å². The van der Waals surface area contributed by atoms with Gasteiger partial charge in [0, 0.05) is 24.8 Å². The van der Waals surface area contributed by atoms with Gasteiger partial charge in [-0.25, -0.2) is 22.0 Å². The third-order valence-electron chi connectivity index (χ3n) is 3.97. The standard InChI is InChI=1S/C18H21F5O6Si/c1-5-10(24)27-30(28-11(25)6-2,29-12(26)7-3)8-9(4)13-14(19)16(21)18(23)17(22)15(13)20/h9H,5-8H2,1-4H3. The van der Waals surface area contributed by atoms with Crippen molar-refractivity contribution in [3.8, 4) is 0 Å². The van der Waals surface area contributed by atoms with Crippen LogP contribution in [0.25, 0.3) is 0 Å². The number of halogens is 5. The molecule has 0 aliphatic heterocycles. The second-order valence-corrected chi connectivity index (χ2v) is 8.64. The summed E-state index contributed by atoms with van der Waals surface area (Å²) in [7, 11) is -4.61. The van der Waals surface area contributed by atoms with Crippen LogP contribution < -0.4 is 0 Å². The summed E-state index contributed by atoms with van der Waals surface area (Å²) in [6.07, 6.45) is -0.670. The summed E-state index contributed by atoms with van der Waals surface area (Å²) in [6.45, 7) is 5.22. The molecule has 0 amide bonds. The molecule has 0 radical (unpaired) electrons. The van der Waals surface area contributed by atoms with Gasteiger partial charge in [0.15, 0.2) is 23.3 Å². The van der Waals surface area contributed by atoms with Crippen molar-refractivity contribution in [1.82, 2.24) is 0 Å². The first-order chi connectivity index (χ1) is 13.9. The Hall–Kier alpha value is -2.50. The minimum atomic E-state index is -4.61. The number of hydrogen-bond donors (Lipinski definition) is 0. The first-order valence-electron chi connectivity index (χ1n) is 9.09. The van der Waals surface area contributed by atoms with E-state index in [2.05, 4.69) is 0 Å². The first kappa shape index (κ1) is 25.5. The normalized spacial score (nSPS) is 12.3. The van der Waals surface area contributed by atoms with E-state index in [0.717, 1.165) is 6.92 Å². The zero-order valence-corrected chi connectivity index (χ0v) is 17.7. The summed E-state index contributed by atoms with van der Waals surface area (Å²) < 4.78 is 84.2. The zero-order chi connectivity index (χ0) is 23.2. The summed E-state index contributed by atoms with van der Waals surface area (Å²) in [5.41, 5.74) is -1.21. The molecule has 0 heterocycles. The lowest BCUT2D eigenvalue weighted by atomic mass is 10.0. The zero-order valence-electron chi connectivity index (χ0n) is 16.7. The van der Waals surface area contributed by atoms with Gasteiger partial charge in [0.1, 0.15) is 0 Å². The predicted octanol–water partition coefficient (Wildman–Crippen LogP) is 4.28. The highest BCUT2D eigenvalue weighted by Gasteiger charge is 2.54. The fourth-order valence-electron chi connectivity index (χ4n) is 2.46. The van der Waals surface area contributed by atoms with E-state index in [-0.39, 0.29) is 19.3 Å². The molecule has 1 aromatic carbocycles. The van der Waals surface area contributed by atoms with E-state index in [0.29, 0.717) is 0 Å². The molecular formula is C18H21F5O6Si. The van der Waals surface area contributed by atoms with Crippen LogP contribution in [0.4, 0.5) is 22.0 Å². The third kappa shape index (κ3) is 5.77. The predicted molar refractivity (Wildman–Crippen MR) is 94.4 cm³/mol. The second-order valence-electron chi connectivity index (χ2n) is 6.25.